The Kier molecular flexibility index (Phi) is 5.38. The lowest BCUT2D eigenvalue weighted by Crippen LogP contribution is -2.38. The maximum Gasteiger partial charge on any atom is 0.0160 e. The Morgan fingerprint density at radius 3 is 2.47 bits per heavy atom. The summed E-state index contributed by atoms with van der Waals surface area (Å²) in [7, 11) is 0. The summed E-state index contributed by atoms with van der Waals surface area (Å²) in [5, 5.41) is 0. The van der Waals surface area contributed by atoms with E-state index in [1.165, 1.54) is 51.6 Å². The fourth-order valence-corrected chi connectivity index (χ4v) is 2.51. The first kappa shape index (κ1) is 12.8. The molecule has 0 aromatic rings. The lowest BCUT2D eigenvalue weighted by atomic mass is 9.76. The molecular formula is C14H27N. The van der Waals surface area contributed by atoms with Gasteiger partial charge in [-0.15, -0.1) is 6.58 Å². The van der Waals surface area contributed by atoms with Crippen molar-refractivity contribution in [1.29, 1.82) is 0 Å². The summed E-state index contributed by atoms with van der Waals surface area (Å²) in [5.74, 6) is 0. The van der Waals surface area contributed by atoms with Crippen LogP contribution in [0, 0.1) is 5.41 Å². The van der Waals surface area contributed by atoms with Crippen LogP contribution in [0.3, 0.4) is 0 Å². The average Bonchev–Trinajstić information content (AvgIpc) is 2.23. The van der Waals surface area contributed by atoms with E-state index in [0.717, 1.165) is 6.54 Å². The number of hydrogen-bond donors (Lipinski definition) is 0. The van der Waals surface area contributed by atoms with Gasteiger partial charge in [-0.3, -0.25) is 4.90 Å². The van der Waals surface area contributed by atoms with E-state index in [1.807, 2.05) is 6.08 Å². The molecule has 0 N–H and O–H groups in total. The first-order valence-electron chi connectivity index (χ1n) is 6.53. The third-order valence-corrected chi connectivity index (χ3v) is 3.83. The van der Waals surface area contributed by atoms with Crippen molar-refractivity contribution in [2.45, 2.75) is 52.4 Å². The van der Waals surface area contributed by atoms with Crippen LogP contribution in [0.25, 0.3) is 0 Å². The number of hydrogen-bond acceptors (Lipinski definition) is 1. The van der Waals surface area contributed by atoms with E-state index in [0.29, 0.717) is 5.41 Å². The highest BCUT2D eigenvalue weighted by Crippen LogP contribution is 2.35. The van der Waals surface area contributed by atoms with E-state index in [1.54, 1.807) is 0 Å². The zero-order valence-corrected chi connectivity index (χ0v) is 10.6. The number of piperidine rings is 1. The van der Waals surface area contributed by atoms with Crippen molar-refractivity contribution in [1.82, 2.24) is 4.90 Å². The largest absolute Gasteiger partial charge is 0.300 e. The van der Waals surface area contributed by atoms with E-state index in [9.17, 15) is 0 Å². The number of rotatable bonds is 6. The van der Waals surface area contributed by atoms with Crippen LogP contribution in [0.1, 0.15) is 52.4 Å². The topological polar surface area (TPSA) is 3.24 Å². The highest BCUT2D eigenvalue weighted by Gasteiger charge is 2.28. The molecule has 0 aromatic heterocycles. The fraction of sp³-hybridized carbons (Fsp3) is 0.857. The Labute approximate surface area is 95.5 Å². The van der Waals surface area contributed by atoms with E-state index < -0.39 is 0 Å². The number of unbranched alkanes of at least 4 members (excludes halogenated alkanes) is 2. The Morgan fingerprint density at radius 2 is 1.93 bits per heavy atom. The lowest BCUT2D eigenvalue weighted by molar-refractivity contribution is 0.117. The predicted octanol–water partition coefficient (Wildman–Crippen LogP) is 3.85. The Morgan fingerprint density at radius 1 is 1.27 bits per heavy atom. The second-order valence-corrected chi connectivity index (χ2v) is 5.36. The van der Waals surface area contributed by atoms with E-state index in [-0.39, 0.29) is 0 Å². The van der Waals surface area contributed by atoms with Crippen LogP contribution in [-0.2, 0) is 0 Å². The van der Waals surface area contributed by atoms with Gasteiger partial charge in [-0.25, -0.2) is 0 Å². The smallest absolute Gasteiger partial charge is 0.0160 e. The molecule has 15 heavy (non-hydrogen) atoms. The Balaban J connectivity index is 2.24. The summed E-state index contributed by atoms with van der Waals surface area (Å²) in [6, 6.07) is 0. The molecule has 0 spiro atoms. The van der Waals surface area contributed by atoms with Crippen molar-refractivity contribution >= 4 is 0 Å². The van der Waals surface area contributed by atoms with Gasteiger partial charge in [0.15, 0.2) is 0 Å². The van der Waals surface area contributed by atoms with E-state index in [2.05, 4.69) is 25.3 Å². The molecule has 1 nitrogen and oxygen atoms in total. The summed E-state index contributed by atoms with van der Waals surface area (Å²) in [6.45, 7) is 12.2. The second-order valence-electron chi connectivity index (χ2n) is 5.36. The quantitative estimate of drug-likeness (QED) is 0.474. The van der Waals surface area contributed by atoms with Crippen LogP contribution in [-0.4, -0.2) is 24.5 Å². The second kappa shape index (κ2) is 6.32. The van der Waals surface area contributed by atoms with E-state index >= 15 is 0 Å². The van der Waals surface area contributed by atoms with Gasteiger partial charge in [-0.05, 0) is 37.8 Å². The molecule has 0 aliphatic carbocycles. The molecule has 1 heteroatoms. The van der Waals surface area contributed by atoms with Gasteiger partial charge < -0.3 is 0 Å². The standard InChI is InChI=1S/C14H27N/c1-4-6-7-8-14(3)9-12-15(11-5-2)13-10-14/h5H,2,4,6-13H2,1,3H3. The van der Waals surface area contributed by atoms with Crippen molar-refractivity contribution in [2.24, 2.45) is 5.41 Å². The predicted molar refractivity (Wildman–Crippen MR) is 68.1 cm³/mol. The summed E-state index contributed by atoms with van der Waals surface area (Å²) in [6.07, 6.45) is 10.4. The summed E-state index contributed by atoms with van der Waals surface area (Å²) < 4.78 is 0. The normalized spacial score (nSPS) is 21.5. The first-order valence-corrected chi connectivity index (χ1v) is 6.53. The van der Waals surface area contributed by atoms with Gasteiger partial charge >= 0.3 is 0 Å². The molecule has 1 heterocycles. The molecule has 0 amide bonds. The number of likely N-dealkylation sites (tertiary alicyclic amines) is 1. The maximum absolute atomic E-state index is 3.81. The van der Waals surface area contributed by atoms with Gasteiger partial charge in [0, 0.05) is 6.54 Å². The molecule has 1 rings (SSSR count). The minimum atomic E-state index is 0.632. The van der Waals surface area contributed by atoms with E-state index in [4.69, 9.17) is 0 Å². The monoisotopic (exact) mass is 209 g/mol. The van der Waals surface area contributed by atoms with Crippen LogP contribution in [0.5, 0.6) is 0 Å². The Hall–Kier alpha value is -0.300. The third-order valence-electron chi connectivity index (χ3n) is 3.83. The zero-order chi connectivity index (χ0) is 11.1. The summed E-state index contributed by atoms with van der Waals surface area (Å²) in [4.78, 5) is 2.52. The van der Waals surface area contributed by atoms with Crippen molar-refractivity contribution < 1.29 is 0 Å². The molecule has 88 valence electrons. The summed E-state index contributed by atoms with van der Waals surface area (Å²) in [5.41, 5.74) is 0.632. The molecule has 0 aromatic carbocycles. The molecule has 0 radical (unpaired) electrons. The van der Waals surface area contributed by atoms with Crippen molar-refractivity contribution in [2.75, 3.05) is 19.6 Å². The van der Waals surface area contributed by atoms with Gasteiger partial charge in [0.2, 0.25) is 0 Å². The first-order chi connectivity index (χ1) is 7.20. The van der Waals surface area contributed by atoms with Crippen LogP contribution in [0.4, 0.5) is 0 Å². The molecule has 0 unspecified atom stereocenters. The highest BCUT2D eigenvalue weighted by molar-refractivity contribution is 4.84. The van der Waals surface area contributed by atoms with Gasteiger partial charge in [0.1, 0.15) is 0 Å². The average molecular weight is 209 g/mol. The van der Waals surface area contributed by atoms with Crippen LogP contribution >= 0.6 is 0 Å². The molecule has 1 aliphatic rings. The number of nitrogens with zero attached hydrogens (tertiary/aromatic N) is 1. The third kappa shape index (κ3) is 4.38. The van der Waals surface area contributed by atoms with Gasteiger partial charge in [0.25, 0.3) is 0 Å². The van der Waals surface area contributed by atoms with Crippen LogP contribution < -0.4 is 0 Å². The van der Waals surface area contributed by atoms with Crippen molar-refractivity contribution in [3.63, 3.8) is 0 Å². The van der Waals surface area contributed by atoms with Crippen LogP contribution in [0.15, 0.2) is 12.7 Å². The molecule has 0 atom stereocenters. The summed E-state index contributed by atoms with van der Waals surface area (Å²) >= 11 is 0. The SMILES string of the molecule is C=CCN1CCC(C)(CCCCC)CC1. The zero-order valence-electron chi connectivity index (χ0n) is 10.6. The highest BCUT2D eigenvalue weighted by atomic mass is 15.1. The maximum atomic E-state index is 3.81. The minimum Gasteiger partial charge on any atom is -0.300 e. The van der Waals surface area contributed by atoms with Crippen LogP contribution in [0.2, 0.25) is 0 Å². The van der Waals surface area contributed by atoms with Crippen molar-refractivity contribution in [3.8, 4) is 0 Å². The molecule has 0 saturated carbocycles. The lowest BCUT2D eigenvalue weighted by Gasteiger charge is -2.39. The molecular weight excluding hydrogens is 182 g/mol. The minimum absolute atomic E-state index is 0.632. The molecule has 1 saturated heterocycles. The molecule has 1 aliphatic heterocycles. The van der Waals surface area contributed by atoms with Crippen molar-refractivity contribution in [3.05, 3.63) is 12.7 Å². The Bertz CT molecular complexity index is 178. The molecule has 0 bridgehead atoms. The molecule has 1 fully saturated rings. The van der Waals surface area contributed by atoms with Gasteiger partial charge in [-0.2, -0.15) is 0 Å². The van der Waals surface area contributed by atoms with Gasteiger partial charge in [-0.1, -0.05) is 39.2 Å². The van der Waals surface area contributed by atoms with Gasteiger partial charge in [0.05, 0.1) is 0 Å². The fourth-order valence-electron chi connectivity index (χ4n) is 2.51.